The third-order valence-electron chi connectivity index (χ3n) is 4.29. The van der Waals surface area contributed by atoms with E-state index in [1.807, 2.05) is 7.05 Å². The summed E-state index contributed by atoms with van der Waals surface area (Å²) < 4.78 is 18.9. The van der Waals surface area contributed by atoms with Gasteiger partial charge in [0.2, 0.25) is 0 Å². The van der Waals surface area contributed by atoms with Gasteiger partial charge in [-0.05, 0) is 49.9 Å². The summed E-state index contributed by atoms with van der Waals surface area (Å²) in [6, 6.07) is 4.97. The van der Waals surface area contributed by atoms with Gasteiger partial charge in [0.05, 0.1) is 7.11 Å². The second-order valence-electron chi connectivity index (χ2n) is 5.68. The molecule has 3 unspecified atom stereocenters. The number of methoxy groups -OCH3 is 1. The van der Waals surface area contributed by atoms with Gasteiger partial charge in [0.1, 0.15) is 11.6 Å². The Labute approximate surface area is 115 Å². The SMILES string of the molecule is CNC(c1cc(F)ccc1OC)C1CCCC(C)C1. The molecule has 1 aliphatic carbocycles. The number of nitrogens with one attached hydrogen (secondary N) is 1. The predicted molar refractivity (Wildman–Crippen MR) is 75.9 cm³/mol. The minimum absolute atomic E-state index is 0.174. The maximum absolute atomic E-state index is 13.5. The lowest BCUT2D eigenvalue weighted by Gasteiger charge is -2.34. The van der Waals surface area contributed by atoms with Crippen molar-refractivity contribution in [2.45, 2.75) is 38.6 Å². The summed E-state index contributed by atoms with van der Waals surface area (Å²) >= 11 is 0. The molecule has 1 aromatic rings. The lowest BCUT2D eigenvalue weighted by atomic mass is 9.76. The van der Waals surface area contributed by atoms with E-state index in [0.717, 1.165) is 17.2 Å². The first-order valence-electron chi connectivity index (χ1n) is 7.16. The fourth-order valence-electron chi connectivity index (χ4n) is 3.38. The first-order chi connectivity index (χ1) is 9.15. The number of rotatable bonds is 4. The topological polar surface area (TPSA) is 21.3 Å². The van der Waals surface area contributed by atoms with E-state index in [0.29, 0.717) is 5.92 Å². The number of hydrogen-bond acceptors (Lipinski definition) is 2. The van der Waals surface area contributed by atoms with Gasteiger partial charge in [0, 0.05) is 11.6 Å². The van der Waals surface area contributed by atoms with Crippen molar-refractivity contribution in [3.05, 3.63) is 29.6 Å². The Morgan fingerprint density at radius 1 is 1.37 bits per heavy atom. The summed E-state index contributed by atoms with van der Waals surface area (Å²) in [4.78, 5) is 0. The Morgan fingerprint density at radius 3 is 2.79 bits per heavy atom. The molecule has 0 amide bonds. The molecule has 0 spiro atoms. The highest BCUT2D eigenvalue weighted by Crippen LogP contribution is 2.39. The van der Waals surface area contributed by atoms with Crippen LogP contribution in [0.4, 0.5) is 4.39 Å². The van der Waals surface area contributed by atoms with Crippen LogP contribution in [0.1, 0.15) is 44.2 Å². The van der Waals surface area contributed by atoms with Crippen molar-refractivity contribution in [3.63, 3.8) is 0 Å². The third-order valence-corrected chi connectivity index (χ3v) is 4.29. The van der Waals surface area contributed by atoms with Crippen molar-refractivity contribution in [2.24, 2.45) is 11.8 Å². The van der Waals surface area contributed by atoms with E-state index in [1.165, 1.54) is 31.7 Å². The minimum Gasteiger partial charge on any atom is -0.496 e. The van der Waals surface area contributed by atoms with Gasteiger partial charge in [-0.1, -0.05) is 19.8 Å². The number of ether oxygens (including phenoxy) is 1. The first-order valence-corrected chi connectivity index (χ1v) is 7.16. The molecule has 0 aromatic heterocycles. The van der Waals surface area contributed by atoms with E-state index >= 15 is 0 Å². The molecule has 106 valence electrons. The first kappa shape index (κ1) is 14.3. The molecule has 2 nitrogen and oxygen atoms in total. The van der Waals surface area contributed by atoms with Crippen molar-refractivity contribution >= 4 is 0 Å². The maximum atomic E-state index is 13.5. The van der Waals surface area contributed by atoms with E-state index in [2.05, 4.69) is 12.2 Å². The molecule has 3 heteroatoms. The third kappa shape index (κ3) is 3.27. The summed E-state index contributed by atoms with van der Waals surface area (Å²) in [5, 5.41) is 3.36. The van der Waals surface area contributed by atoms with Crippen molar-refractivity contribution in [3.8, 4) is 5.75 Å². The molecule has 1 saturated carbocycles. The summed E-state index contributed by atoms with van der Waals surface area (Å²) in [5.41, 5.74) is 0.948. The molecule has 0 heterocycles. The Bertz CT molecular complexity index is 421. The largest absolute Gasteiger partial charge is 0.496 e. The van der Waals surface area contributed by atoms with Crippen molar-refractivity contribution in [2.75, 3.05) is 14.2 Å². The Kier molecular flexibility index (Phi) is 4.81. The zero-order valence-electron chi connectivity index (χ0n) is 12.1. The second-order valence-corrected chi connectivity index (χ2v) is 5.68. The van der Waals surface area contributed by atoms with Crippen LogP contribution in [0.3, 0.4) is 0 Å². The standard InChI is InChI=1S/C16H24FNO/c1-11-5-4-6-12(9-11)16(18-2)14-10-13(17)7-8-15(14)19-3/h7-8,10-12,16,18H,4-6,9H2,1-3H3. The quantitative estimate of drug-likeness (QED) is 0.891. The van der Waals surface area contributed by atoms with Gasteiger partial charge in [-0.25, -0.2) is 4.39 Å². The highest BCUT2D eigenvalue weighted by atomic mass is 19.1. The average molecular weight is 265 g/mol. The Morgan fingerprint density at radius 2 is 2.16 bits per heavy atom. The number of halogens is 1. The Hall–Kier alpha value is -1.09. The van der Waals surface area contributed by atoms with Gasteiger partial charge in [-0.15, -0.1) is 0 Å². The summed E-state index contributed by atoms with van der Waals surface area (Å²) in [6.45, 7) is 2.31. The molecule has 1 fully saturated rings. The highest BCUT2D eigenvalue weighted by Gasteiger charge is 2.28. The predicted octanol–water partition coefficient (Wildman–Crippen LogP) is 3.92. The molecule has 0 aliphatic heterocycles. The van der Waals surface area contributed by atoms with Gasteiger partial charge in [-0.2, -0.15) is 0 Å². The van der Waals surface area contributed by atoms with Crippen LogP contribution in [0.25, 0.3) is 0 Å². The van der Waals surface area contributed by atoms with Crippen LogP contribution in [0.15, 0.2) is 18.2 Å². The zero-order valence-corrected chi connectivity index (χ0v) is 12.1. The van der Waals surface area contributed by atoms with E-state index in [1.54, 1.807) is 19.2 Å². The molecular formula is C16H24FNO. The van der Waals surface area contributed by atoms with Crippen molar-refractivity contribution < 1.29 is 9.13 Å². The molecule has 0 radical (unpaired) electrons. The number of hydrogen-bond donors (Lipinski definition) is 1. The van der Waals surface area contributed by atoms with Gasteiger partial charge in [0.25, 0.3) is 0 Å². The summed E-state index contributed by atoms with van der Waals surface area (Å²) in [5.74, 6) is 1.90. The molecule has 1 aliphatic rings. The minimum atomic E-state index is -0.195. The highest BCUT2D eigenvalue weighted by molar-refractivity contribution is 5.37. The molecule has 3 atom stereocenters. The monoisotopic (exact) mass is 265 g/mol. The van der Waals surface area contributed by atoms with Crippen LogP contribution < -0.4 is 10.1 Å². The van der Waals surface area contributed by atoms with Crippen molar-refractivity contribution in [1.29, 1.82) is 0 Å². The van der Waals surface area contributed by atoms with E-state index in [4.69, 9.17) is 4.74 Å². The van der Waals surface area contributed by atoms with E-state index in [9.17, 15) is 4.39 Å². The van der Waals surface area contributed by atoms with Gasteiger partial charge in [-0.3, -0.25) is 0 Å². The average Bonchev–Trinajstić information content (AvgIpc) is 2.40. The van der Waals surface area contributed by atoms with Crippen LogP contribution in [-0.2, 0) is 0 Å². The van der Waals surface area contributed by atoms with E-state index in [-0.39, 0.29) is 11.9 Å². The molecule has 0 saturated heterocycles. The van der Waals surface area contributed by atoms with Crippen molar-refractivity contribution in [1.82, 2.24) is 5.32 Å². The molecule has 2 rings (SSSR count). The van der Waals surface area contributed by atoms with Crippen LogP contribution in [0.5, 0.6) is 5.75 Å². The molecule has 1 aromatic carbocycles. The maximum Gasteiger partial charge on any atom is 0.123 e. The van der Waals surface area contributed by atoms with Crippen LogP contribution in [-0.4, -0.2) is 14.2 Å². The number of benzene rings is 1. The zero-order chi connectivity index (χ0) is 13.8. The smallest absolute Gasteiger partial charge is 0.123 e. The normalized spacial score (nSPS) is 25.1. The lowest BCUT2D eigenvalue weighted by molar-refractivity contribution is 0.226. The fraction of sp³-hybridized carbons (Fsp3) is 0.625. The Balaban J connectivity index is 2.27. The molecule has 1 N–H and O–H groups in total. The molecular weight excluding hydrogens is 241 g/mol. The van der Waals surface area contributed by atoms with Crippen LogP contribution in [0.2, 0.25) is 0 Å². The van der Waals surface area contributed by atoms with Crippen LogP contribution >= 0.6 is 0 Å². The molecule has 0 bridgehead atoms. The fourth-order valence-corrected chi connectivity index (χ4v) is 3.38. The summed E-state index contributed by atoms with van der Waals surface area (Å²) in [7, 11) is 3.60. The molecule has 19 heavy (non-hydrogen) atoms. The van der Waals surface area contributed by atoms with Gasteiger partial charge < -0.3 is 10.1 Å². The van der Waals surface area contributed by atoms with Crippen LogP contribution in [0, 0.1) is 17.7 Å². The van der Waals surface area contributed by atoms with Gasteiger partial charge >= 0.3 is 0 Å². The lowest BCUT2D eigenvalue weighted by Crippen LogP contribution is -2.29. The second kappa shape index (κ2) is 6.38. The van der Waals surface area contributed by atoms with E-state index < -0.39 is 0 Å². The summed E-state index contributed by atoms with van der Waals surface area (Å²) in [6.07, 6.45) is 4.98. The van der Waals surface area contributed by atoms with Gasteiger partial charge in [0.15, 0.2) is 0 Å².